The molecule has 1 aliphatic rings. The predicted octanol–water partition coefficient (Wildman–Crippen LogP) is 1.20. The molecule has 10 nitrogen and oxygen atoms in total. The first-order chi connectivity index (χ1) is 14.2. The van der Waals surface area contributed by atoms with Gasteiger partial charge in [0.1, 0.15) is 4.90 Å². The van der Waals surface area contributed by atoms with Crippen molar-refractivity contribution in [2.24, 2.45) is 0 Å². The summed E-state index contributed by atoms with van der Waals surface area (Å²) in [5.41, 5.74) is 1.31. The van der Waals surface area contributed by atoms with Crippen LogP contribution in [-0.2, 0) is 10.0 Å². The number of amides is 1. The summed E-state index contributed by atoms with van der Waals surface area (Å²) in [5, 5.41) is 6.68. The van der Waals surface area contributed by atoms with Gasteiger partial charge in [-0.1, -0.05) is 0 Å². The number of piperazine rings is 1. The normalized spacial score (nSPS) is 15.2. The molecule has 1 aromatic heterocycles. The summed E-state index contributed by atoms with van der Waals surface area (Å²) in [6.45, 7) is 4.26. The quantitative estimate of drug-likeness (QED) is 0.721. The zero-order valence-electron chi connectivity index (χ0n) is 17.7. The first kappa shape index (κ1) is 21.9. The molecule has 11 heteroatoms. The summed E-state index contributed by atoms with van der Waals surface area (Å²) in [7, 11) is 0.774. The number of aryl methyl sites for hydroxylation is 2. The van der Waals surface area contributed by atoms with Crippen LogP contribution < -0.4 is 14.2 Å². The molecule has 1 N–H and O–H groups in total. The average molecular weight is 439 g/mol. The molecule has 1 aliphatic heterocycles. The number of rotatable bonds is 6. The molecular formula is C19H26N4O6S. The number of carbonyl (C=O) groups is 1. The number of aromatic amines is 1. The average Bonchev–Trinajstić information content (AvgIpc) is 3.10. The highest BCUT2D eigenvalue weighted by molar-refractivity contribution is 7.89. The van der Waals surface area contributed by atoms with Crippen LogP contribution >= 0.6 is 0 Å². The lowest BCUT2D eigenvalue weighted by Gasteiger charge is -2.34. The molecule has 0 bridgehead atoms. The second kappa shape index (κ2) is 8.52. The van der Waals surface area contributed by atoms with Crippen molar-refractivity contribution >= 4 is 15.9 Å². The van der Waals surface area contributed by atoms with E-state index in [4.69, 9.17) is 14.2 Å². The van der Waals surface area contributed by atoms with Gasteiger partial charge in [-0.2, -0.15) is 9.40 Å². The number of hydrogen-bond acceptors (Lipinski definition) is 7. The lowest BCUT2D eigenvalue weighted by Crippen LogP contribution is -2.50. The maximum Gasteiger partial charge on any atom is 0.254 e. The SMILES string of the molecule is COc1cc(C(=O)N2CCN(S(=O)(=O)c3c(C)n[nH]c3C)CC2)cc(OC)c1OC. The van der Waals surface area contributed by atoms with E-state index in [1.165, 1.54) is 25.6 Å². The van der Waals surface area contributed by atoms with Gasteiger partial charge in [-0.25, -0.2) is 8.42 Å². The minimum Gasteiger partial charge on any atom is -0.493 e. The van der Waals surface area contributed by atoms with E-state index in [0.717, 1.165) is 0 Å². The van der Waals surface area contributed by atoms with Crippen molar-refractivity contribution in [3.63, 3.8) is 0 Å². The van der Waals surface area contributed by atoms with E-state index in [1.54, 1.807) is 30.9 Å². The highest BCUT2D eigenvalue weighted by Gasteiger charge is 2.33. The first-order valence-corrected chi connectivity index (χ1v) is 10.8. The Labute approximate surface area is 175 Å². The maximum atomic E-state index is 13.0. The fourth-order valence-corrected chi connectivity index (χ4v) is 5.32. The smallest absolute Gasteiger partial charge is 0.254 e. The number of nitrogens with one attached hydrogen (secondary N) is 1. The summed E-state index contributed by atoms with van der Waals surface area (Å²) < 4.78 is 43.3. The molecule has 0 spiro atoms. The number of hydrogen-bond donors (Lipinski definition) is 1. The fraction of sp³-hybridized carbons (Fsp3) is 0.474. The molecule has 164 valence electrons. The second-order valence-corrected chi connectivity index (χ2v) is 8.75. The molecule has 0 aliphatic carbocycles. The number of aromatic nitrogens is 2. The molecule has 0 saturated carbocycles. The molecule has 2 aromatic rings. The van der Waals surface area contributed by atoms with E-state index in [-0.39, 0.29) is 37.0 Å². The van der Waals surface area contributed by atoms with Gasteiger partial charge in [-0.15, -0.1) is 0 Å². The van der Waals surface area contributed by atoms with Crippen molar-refractivity contribution in [2.45, 2.75) is 18.7 Å². The molecule has 30 heavy (non-hydrogen) atoms. The van der Waals surface area contributed by atoms with Crippen LogP contribution in [0.4, 0.5) is 0 Å². The number of ether oxygens (including phenoxy) is 3. The number of sulfonamides is 1. The summed E-state index contributed by atoms with van der Waals surface area (Å²) in [4.78, 5) is 14.8. The van der Waals surface area contributed by atoms with E-state index in [0.29, 0.717) is 34.2 Å². The van der Waals surface area contributed by atoms with Crippen molar-refractivity contribution < 1.29 is 27.4 Å². The Hall–Kier alpha value is -2.79. The Morgan fingerprint density at radius 2 is 1.57 bits per heavy atom. The third-order valence-corrected chi connectivity index (χ3v) is 7.26. The van der Waals surface area contributed by atoms with Crippen molar-refractivity contribution in [3.05, 3.63) is 29.1 Å². The molecular weight excluding hydrogens is 412 g/mol. The molecule has 0 radical (unpaired) electrons. The Kier molecular flexibility index (Phi) is 6.22. The molecule has 0 unspecified atom stereocenters. The lowest BCUT2D eigenvalue weighted by atomic mass is 10.1. The minimum absolute atomic E-state index is 0.197. The van der Waals surface area contributed by atoms with E-state index >= 15 is 0 Å². The Bertz CT molecular complexity index is 997. The van der Waals surface area contributed by atoms with Crippen LogP contribution in [0, 0.1) is 13.8 Å². The van der Waals surface area contributed by atoms with Gasteiger partial charge < -0.3 is 19.1 Å². The monoisotopic (exact) mass is 438 g/mol. The van der Waals surface area contributed by atoms with E-state index in [9.17, 15) is 13.2 Å². The van der Waals surface area contributed by atoms with Gasteiger partial charge >= 0.3 is 0 Å². The van der Waals surface area contributed by atoms with Crippen LogP contribution in [0.3, 0.4) is 0 Å². The third-order valence-electron chi connectivity index (χ3n) is 5.10. The topological polar surface area (TPSA) is 114 Å². The predicted molar refractivity (Wildman–Crippen MR) is 109 cm³/mol. The number of nitrogens with zero attached hydrogens (tertiary/aromatic N) is 3. The number of H-pyrrole nitrogens is 1. The molecule has 1 aromatic carbocycles. The zero-order chi connectivity index (χ0) is 22.1. The fourth-order valence-electron chi connectivity index (χ4n) is 3.57. The first-order valence-electron chi connectivity index (χ1n) is 9.35. The summed E-state index contributed by atoms with van der Waals surface area (Å²) in [5.74, 6) is 0.930. The third kappa shape index (κ3) is 3.82. The maximum absolute atomic E-state index is 13.0. The number of benzene rings is 1. The molecule has 1 saturated heterocycles. The van der Waals surface area contributed by atoms with Gasteiger partial charge in [0.15, 0.2) is 11.5 Å². The minimum atomic E-state index is -3.68. The molecule has 3 rings (SSSR count). The Balaban J connectivity index is 1.78. The Morgan fingerprint density at radius 3 is 2.00 bits per heavy atom. The summed E-state index contributed by atoms with van der Waals surface area (Å²) in [6, 6.07) is 3.18. The van der Waals surface area contributed by atoms with Gasteiger partial charge in [-0.3, -0.25) is 9.89 Å². The van der Waals surface area contributed by atoms with Crippen LogP contribution in [0.2, 0.25) is 0 Å². The van der Waals surface area contributed by atoms with Gasteiger partial charge in [0, 0.05) is 31.7 Å². The summed E-state index contributed by atoms with van der Waals surface area (Å²) in [6.07, 6.45) is 0. The van der Waals surface area contributed by atoms with Gasteiger partial charge in [0.05, 0.1) is 32.7 Å². The van der Waals surface area contributed by atoms with Crippen molar-refractivity contribution in [1.82, 2.24) is 19.4 Å². The molecule has 2 heterocycles. The van der Waals surface area contributed by atoms with Crippen LogP contribution in [0.5, 0.6) is 17.2 Å². The van der Waals surface area contributed by atoms with Crippen molar-refractivity contribution in [1.29, 1.82) is 0 Å². The van der Waals surface area contributed by atoms with Crippen LogP contribution in [0.25, 0.3) is 0 Å². The largest absolute Gasteiger partial charge is 0.493 e. The number of methoxy groups -OCH3 is 3. The van der Waals surface area contributed by atoms with Crippen LogP contribution in [0.15, 0.2) is 17.0 Å². The van der Waals surface area contributed by atoms with Gasteiger partial charge in [0.2, 0.25) is 15.8 Å². The van der Waals surface area contributed by atoms with E-state index in [2.05, 4.69) is 10.2 Å². The molecule has 0 atom stereocenters. The molecule has 1 amide bonds. The lowest BCUT2D eigenvalue weighted by molar-refractivity contribution is 0.0697. The van der Waals surface area contributed by atoms with Crippen molar-refractivity contribution in [3.8, 4) is 17.2 Å². The number of carbonyl (C=O) groups excluding carboxylic acids is 1. The highest BCUT2D eigenvalue weighted by atomic mass is 32.2. The van der Waals surface area contributed by atoms with Crippen molar-refractivity contribution in [2.75, 3.05) is 47.5 Å². The van der Waals surface area contributed by atoms with E-state index < -0.39 is 10.0 Å². The van der Waals surface area contributed by atoms with Crippen LogP contribution in [0.1, 0.15) is 21.7 Å². The second-order valence-electron chi connectivity index (χ2n) is 6.87. The van der Waals surface area contributed by atoms with Gasteiger partial charge in [-0.05, 0) is 26.0 Å². The Morgan fingerprint density at radius 1 is 1.00 bits per heavy atom. The molecule has 1 fully saturated rings. The van der Waals surface area contributed by atoms with Gasteiger partial charge in [0.25, 0.3) is 5.91 Å². The van der Waals surface area contributed by atoms with Crippen LogP contribution in [-0.4, -0.2) is 81.2 Å². The standard InChI is InChI=1S/C19H26N4O6S/c1-12-18(13(2)21-20-12)30(25,26)23-8-6-22(7-9-23)19(24)14-10-15(27-3)17(29-5)16(11-14)28-4/h10-11H,6-9H2,1-5H3,(H,20,21). The zero-order valence-corrected chi connectivity index (χ0v) is 18.5. The highest BCUT2D eigenvalue weighted by Crippen LogP contribution is 2.38. The summed E-state index contributed by atoms with van der Waals surface area (Å²) >= 11 is 0. The van der Waals surface area contributed by atoms with E-state index in [1.807, 2.05) is 0 Å².